The number of anilines is 4. The number of halogens is 4. The number of primary amides is 1. The van der Waals surface area contributed by atoms with Crippen LogP contribution in [0.2, 0.25) is 20.1 Å². The van der Waals surface area contributed by atoms with Crippen LogP contribution >= 0.6 is 46.4 Å². The van der Waals surface area contributed by atoms with Crippen LogP contribution in [0.3, 0.4) is 0 Å². The van der Waals surface area contributed by atoms with Gasteiger partial charge in [-0.15, -0.1) is 0 Å². The summed E-state index contributed by atoms with van der Waals surface area (Å²) >= 11 is 24.6. The molecular weight excluding hydrogens is 816 g/mol. The van der Waals surface area contributed by atoms with Gasteiger partial charge in [0.25, 0.3) is 17.0 Å². The lowest BCUT2D eigenvalue weighted by Crippen LogP contribution is -2.20. The molecule has 0 aliphatic heterocycles. The van der Waals surface area contributed by atoms with Crippen molar-refractivity contribution in [2.75, 3.05) is 38.1 Å². The highest BCUT2D eigenvalue weighted by Gasteiger charge is 2.18. The maximum Gasteiger partial charge on any atom is 0.303 e. The number of aromatic amines is 2. The number of nitrogens with zero attached hydrogens (tertiary/aromatic N) is 2. The molecule has 7 N–H and O–H groups in total. The molecule has 0 aliphatic carbocycles. The number of nitrogens with two attached hydrogens (primary N) is 1. The number of nitrogens with one attached hydrogen (secondary N) is 4. The number of aromatic nitrogens is 4. The quantitative estimate of drug-likeness (QED) is 0.0603. The molecule has 0 atom stereocenters. The third-order valence-electron chi connectivity index (χ3n) is 7.68. The Morgan fingerprint density at radius 3 is 1.55 bits per heavy atom. The Morgan fingerprint density at radius 1 is 0.732 bits per heavy atom. The number of H-pyrrole nitrogens is 2. The summed E-state index contributed by atoms with van der Waals surface area (Å²) in [5.41, 5.74) is 6.77. The Balaban J connectivity index is 0.000000215. The average Bonchev–Trinajstić information content (AvgIpc) is 3.15. The van der Waals surface area contributed by atoms with Crippen molar-refractivity contribution in [3.05, 3.63) is 102 Å². The number of amides is 1. The van der Waals surface area contributed by atoms with Crippen molar-refractivity contribution >= 4 is 103 Å². The first kappa shape index (κ1) is 41.2. The number of hydrogen-bond donors (Lipinski definition) is 6. The van der Waals surface area contributed by atoms with E-state index in [1.54, 1.807) is 24.3 Å². The number of carbonyl (C=O) groups excluding carboxylic acids is 1. The number of carbonyl (C=O) groups is 2. The second-order valence-electron chi connectivity index (χ2n) is 11.4. The molecule has 292 valence electrons. The molecule has 0 fully saturated rings. The highest BCUT2D eigenvalue weighted by atomic mass is 35.5. The van der Waals surface area contributed by atoms with Crippen molar-refractivity contribution in [2.45, 2.75) is 12.8 Å². The molecular formula is C36H31Cl4N7O9. The molecule has 0 aliphatic rings. The van der Waals surface area contributed by atoms with E-state index in [1.165, 1.54) is 51.1 Å². The SMILES string of the molecule is COc1ccc2c(Nc3c(Cl)cncc3Cl)cc(=O)[nH]c2c1OCC(N)=O.COc1ccc2c(Nc3c(Cl)cncc3Cl)cc(=O)[nH]c2c1OCCCC(=O)O. The highest BCUT2D eigenvalue weighted by Crippen LogP contribution is 2.41. The highest BCUT2D eigenvalue weighted by molar-refractivity contribution is 6.39. The summed E-state index contributed by atoms with van der Waals surface area (Å²) in [5.74, 6) is -0.354. The number of carboxylic acids is 1. The zero-order valence-electron chi connectivity index (χ0n) is 29.3. The van der Waals surface area contributed by atoms with Gasteiger partial charge in [-0.2, -0.15) is 0 Å². The van der Waals surface area contributed by atoms with E-state index in [9.17, 15) is 19.2 Å². The van der Waals surface area contributed by atoms with E-state index in [1.807, 2.05) is 0 Å². The number of carboxylic acid groups (broad SMARTS) is 1. The van der Waals surface area contributed by atoms with E-state index in [4.69, 9.17) is 76.2 Å². The standard InChI is InChI=1S/C19H17Cl2N3O5.C17H14Cl2N4O4/c1-28-14-5-4-10-13(23-18-11(20)8-22-9-12(18)21)7-15(25)24-17(10)19(14)29-6-2-3-16(26)27;1-26-12-3-2-8-11(22-16-9(18)5-21-6-10(16)19)4-14(25)23-15(8)17(12)27-7-13(20)24/h4-5,7-9H,2-3,6H2,1H3,(H,26,27)(H2,22,23,24,25);2-6H,7H2,1H3,(H2,20,24)(H2,21,22,23,25). The van der Waals surface area contributed by atoms with Gasteiger partial charge in [-0.1, -0.05) is 46.4 Å². The number of methoxy groups -OCH3 is 2. The van der Waals surface area contributed by atoms with Crippen molar-refractivity contribution in [3.63, 3.8) is 0 Å². The van der Waals surface area contributed by atoms with E-state index >= 15 is 0 Å². The monoisotopic (exact) mass is 845 g/mol. The number of ether oxygens (including phenoxy) is 4. The first-order valence-electron chi connectivity index (χ1n) is 16.2. The summed E-state index contributed by atoms with van der Waals surface area (Å²) < 4.78 is 21.8. The summed E-state index contributed by atoms with van der Waals surface area (Å²) in [6.45, 7) is -0.235. The van der Waals surface area contributed by atoms with Crippen LogP contribution in [-0.4, -0.2) is 64.4 Å². The van der Waals surface area contributed by atoms with Crippen molar-refractivity contribution in [1.29, 1.82) is 0 Å². The fourth-order valence-electron chi connectivity index (χ4n) is 5.25. The molecule has 0 bridgehead atoms. The van der Waals surface area contributed by atoms with Gasteiger partial charge in [-0.3, -0.25) is 29.1 Å². The second kappa shape index (κ2) is 18.6. The minimum absolute atomic E-state index is 0.0323. The minimum atomic E-state index is -0.913. The minimum Gasteiger partial charge on any atom is -0.493 e. The summed E-state index contributed by atoms with van der Waals surface area (Å²) in [6.07, 6.45) is 6.00. The Kier molecular flexibility index (Phi) is 13.7. The number of rotatable bonds is 14. The van der Waals surface area contributed by atoms with Crippen LogP contribution in [0.25, 0.3) is 21.8 Å². The van der Waals surface area contributed by atoms with Crippen LogP contribution in [-0.2, 0) is 9.59 Å². The molecule has 6 aromatic rings. The van der Waals surface area contributed by atoms with Gasteiger partial charge in [0.15, 0.2) is 29.6 Å². The molecule has 0 unspecified atom stereocenters. The van der Waals surface area contributed by atoms with Crippen LogP contribution in [0.15, 0.2) is 70.8 Å². The zero-order chi connectivity index (χ0) is 40.5. The lowest BCUT2D eigenvalue weighted by atomic mass is 10.1. The lowest BCUT2D eigenvalue weighted by molar-refractivity contribution is -0.137. The fourth-order valence-corrected chi connectivity index (χ4v) is 6.17. The smallest absolute Gasteiger partial charge is 0.303 e. The van der Waals surface area contributed by atoms with Gasteiger partial charge >= 0.3 is 5.97 Å². The van der Waals surface area contributed by atoms with Crippen LogP contribution in [0.1, 0.15) is 12.8 Å². The predicted octanol–water partition coefficient (Wildman–Crippen LogP) is 7.07. The van der Waals surface area contributed by atoms with Gasteiger partial charge in [0.2, 0.25) is 0 Å². The Hall–Kier alpha value is -5.94. The maximum absolute atomic E-state index is 12.3. The first-order chi connectivity index (χ1) is 26.8. The van der Waals surface area contributed by atoms with Crippen molar-refractivity contribution in [2.24, 2.45) is 5.73 Å². The van der Waals surface area contributed by atoms with Crippen molar-refractivity contribution in [3.8, 4) is 23.0 Å². The van der Waals surface area contributed by atoms with E-state index in [-0.39, 0.29) is 41.0 Å². The number of pyridine rings is 4. The number of fused-ring (bicyclic) bond motifs is 2. The molecule has 0 radical (unpaired) electrons. The summed E-state index contributed by atoms with van der Waals surface area (Å²) in [6, 6.07) is 9.51. The Morgan fingerprint density at radius 2 is 1.16 bits per heavy atom. The Bertz CT molecular complexity index is 2510. The van der Waals surface area contributed by atoms with Gasteiger partial charge in [-0.05, 0) is 30.7 Å². The first-order valence-corrected chi connectivity index (χ1v) is 17.7. The van der Waals surface area contributed by atoms with Gasteiger partial charge in [0.1, 0.15) is 0 Å². The van der Waals surface area contributed by atoms with Crippen LogP contribution in [0, 0.1) is 0 Å². The molecule has 4 aromatic heterocycles. The molecule has 0 saturated heterocycles. The second-order valence-corrected chi connectivity index (χ2v) is 13.1. The largest absolute Gasteiger partial charge is 0.493 e. The van der Waals surface area contributed by atoms with Gasteiger partial charge in [-0.25, -0.2) is 0 Å². The number of hydrogen-bond acceptors (Lipinski definition) is 12. The van der Waals surface area contributed by atoms with E-state index in [0.29, 0.717) is 78.3 Å². The summed E-state index contributed by atoms with van der Waals surface area (Å²) in [4.78, 5) is 59.5. The Labute approximate surface area is 336 Å². The molecule has 0 spiro atoms. The van der Waals surface area contributed by atoms with Crippen LogP contribution in [0.4, 0.5) is 22.7 Å². The topological polar surface area (TPSA) is 233 Å². The van der Waals surface area contributed by atoms with Gasteiger partial charge in [0, 0.05) is 54.1 Å². The summed E-state index contributed by atoms with van der Waals surface area (Å²) in [5, 5.41) is 17.3. The predicted molar refractivity (Wildman–Crippen MR) is 214 cm³/mol. The fraction of sp³-hybridized carbons (Fsp3) is 0.167. The van der Waals surface area contributed by atoms with E-state index in [0.717, 1.165) is 0 Å². The molecule has 1 amide bonds. The summed E-state index contributed by atoms with van der Waals surface area (Å²) in [7, 11) is 2.91. The van der Waals surface area contributed by atoms with E-state index < -0.39 is 17.4 Å². The van der Waals surface area contributed by atoms with Crippen LogP contribution < -0.4 is 46.4 Å². The average molecular weight is 847 g/mol. The van der Waals surface area contributed by atoms with Gasteiger partial charge in [0.05, 0.1) is 74.7 Å². The molecule has 4 heterocycles. The third kappa shape index (κ3) is 9.83. The molecule has 6 rings (SSSR count). The molecule has 56 heavy (non-hydrogen) atoms. The van der Waals surface area contributed by atoms with Crippen LogP contribution in [0.5, 0.6) is 23.0 Å². The lowest BCUT2D eigenvalue weighted by Gasteiger charge is -2.16. The normalized spacial score (nSPS) is 10.7. The third-order valence-corrected chi connectivity index (χ3v) is 8.82. The molecule has 2 aromatic carbocycles. The van der Waals surface area contributed by atoms with Crippen molar-refractivity contribution in [1.82, 2.24) is 19.9 Å². The van der Waals surface area contributed by atoms with E-state index in [2.05, 4.69) is 30.6 Å². The van der Waals surface area contributed by atoms with Crippen molar-refractivity contribution < 1.29 is 33.6 Å². The zero-order valence-corrected chi connectivity index (χ0v) is 32.3. The van der Waals surface area contributed by atoms with Gasteiger partial charge < -0.3 is 50.4 Å². The maximum atomic E-state index is 12.3. The molecule has 0 saturated carbocycles. The molecule has 20 heteroatoms. The number of benzene rings is 2. The molecule has 16 nitrogen and oxygen atoms in total. The number of aliphatic carboxylic acids is 1.